The minimum Gasteiger partial charge on any atom is -0.490 e. The number of benzene rings is 4. The number of aryl methyl sites for hydroxylation is 2. The lowest BCUT2D eigenvalue weighted by atomic mass is 9.98. The lowest BCUT2D eigenvalue weighted by Crippen LogP contribution is -1.95. The Labute approximate surface area is 171 Å². The van der Waals surface area contributed by atoms with E-state index in [1.807, 2.05) is 42.5 Å². The highest BCUT2D eigenvalue weighted by atomic mass is 19.1. The van der Waals surface area contributed by atoms with Gasteiger partial charge in [0.05, 0.1) is 0 Å². The van der Waals surface area contributed by atoms with Gasteiger partial charge in [-0.25, -0.2) is 4.39 Å². The summed E-state index contributed by atoms with van der Waals surface area (Å²) < 4.78 is 20.2. The topological polar surface area (TPSA) is 9.23 Å². The molecule has 0 atom stereocenters. The molecule has 0 saturated carbocycles. The van der Waals surface area contributed by atoms with Gasteiger partial charge in [0, 0.05) is 5.56 Å². The Balaban J connectivity index is 1.45. The van der Waals surface area contributed by atoms with Crippen LogP contribution < -0.4 is 4.74 Å². The van der Waals surface area contributed by atoms with Gasteiger partial charge in [-0.1, -0.05) is 79.4 Å². The first-order valence-corrected chi connectivity index (χ1v) is 9.83. The summed E-state index contributed by atoms with van der Waals surface area (Å²) >= 11 is 0. The Hall–Kier alpha value is -3.39. The molecule has 4 aromatic carbocycles. The van der Waals surface area contributed by atoms with Gasteiger partial charge in [-0.2, -0.15) is 0 Å². The summed E-state index contributed by atoms with van der Waals surface area (Å²) in [6.07, 6.45) is 3.40. The molecule has 2 heteroatoms. The predicted octanol–water partition coefficient (Wildman–Crippen LogP) is 7.00. The van der Waals surface area contributed by atoms with Crippen LogP contribution in [-0.2, 0) is 12.8 Å². The molecule has 0 N–H and O–H groups in total. The molecule has 0 aliphatic heterocycles. The summed E-state index contributed by atoms with van der Waals surface area (Å²) in [4.78, 5) is 0. The smallest absolute Gasteiger partial charge is 0.131 e. The molecule has 0 radical (unpaired) electrons. The third kappa shape index (κ3) is 4.55. The number of fused-ring (bicyclic) bond motifs is 1. The molecule has 0 aliphatic rings. The summed E-state index contributed by atoms with van der Waals surface area (Å²) in [5, 5.41) is 2.49. The number of hydrogen-bond acceptors (Lipinski definition) is 1. The Bertz CT molecular complexity index is 1130. The van der Waals surface area contributed by atoms with Crippen LogP contribution in [-0.4, -0.2) is 6.61 Å². The van der Waals surface area contributed by atoms with Crippen molar-refractivity contribution in [3.05, 3.63) is 115 Å². The van der Waals surface area contributed by atoms with E-state index in [2.05, 4.69) is 43.0 Å². The van der Waals surface area contributed by atoms with Gasteiger partial charge >= 0.3 is 0 Å². The summed E-state index contributed by atoms with van der Waals surface area (Å²) in [6, 6.07) is 27.9. The molecule has 0 fully saturated rings. The molecule has 4 aromatic rings. The van der Waals surface area contributed by atoms with Crippen molar-refractivity contribution in [2.75, 3.05) is 6.61 Å². The van der Waals surface area contributed by atoms with Gasteiger partial charge < -0.3 is 4.74 Å². The van der Waals surface area contributed by atoms with Gasteiger partial charge in [0.1, 0.15) is 18.2 Å². The van der Waals surface area contributed by atoms with E-state index in [4.69, 9.17) is 4.74 Å². The van der Waals surface area contributed by atoms with Crippen LogP contribution in [0.4, 0.5) is 4.39 Å². The van der Waals surface area contributed by atoms with Crippen LogP contribution in [0.5, 0.6) is 5.75 Å². The second-order valence-corrected chi connectivity index (χ2v) is 7.12. The Morgan fingerprint density at radius 2 is 1.45 bits per heavy atom. The van der Waals surface area contributed by atoms with E-state index >= 15 is 0 Å². The van der Waals surface area contributed by atoms with Crippen molar-refractivity contribution in [1.29, 1.82) is 0 Å². The van der Waals surface area contributed by atoms with Crippen LogP contribution in [0.25, 0.3) is 21.9 Å². The lowest BCUT2D eigenvalue weighted by molar-refractivity contribution is 0.363. The SMILES string of the molecule is C=CCOc1ccc(-c2ccc(CCc3ccc4ccccc4c3)cc2F)cc1. The first kappa shape index (κ1) is 18.9. The van der Waals surface area contributed by atoms with E-state index < -0.39 is 0 Å². The molecule has 0 heterocycles. The van der Waals surface area contributed by atoms with Crippen LogP contribution in [0.2, 0.25) is 0 Å². The fourth-order valence-electron chi connectivity index (χ4n) is 3.52. The number of rotatable bonds is 7. The third-order valence-electron chi connectivity index (χ3n) is 5.08. The van der Waals surface area contributed by atoms with Crippen molar-refractivity contribution in [2.45, 2.75) is 12.8 Å². The Morgan fingerprint density at radius 3 is 2.17 bits per heavy atom. The van der Waals surface area contributed by atoms with E-state index in [0.717, 1.165) is 29.7 Å². The quantitative estimate of drug-likeness (QED) is 0.313. The van der Waals surface area contributed by atoms with Crippen molar-refractivity contribution < 1.29 is 9.13 Å². The second kappa shape index (κ2) is 8.74. The summed E-state index contributed by atoms with van der Waals surface area (Å²) in [5.41, 5.74) is 3.72. The molecular weight excluding hydrogens is 359 g/mol. The van der Waals surface area contributed by atoms with E-state index in [0.29, 0.717) is 12.2 Å². The zero-order chi connectivity index (χ0) is 20.1. The van der Waals surface area contributed by atoms with Crippen molar-refractivity contribution in [2.24, 2.45) is 0 Å². The van der Waals surface area contributed by atoms with Gasteiger partial charge in [0.2, 0.25) is 0 Å². The molecule has 0 amide bonds. The standard InChI is InChI=1S/C27H23FO/c1-2-17-29-25-14-12-23(13-15-25)26-16-10-21(19-27(26)28)8-7-20-9-11-22-5-3-4-6-24(22)18-20/h2-6,9-16,18-19H,1,7-8,17H2. The third-order valence-corrected chi connectivity index (χ3v) is 5.08. The number of halogens is 1. The molecule has 4 rings (SSSR count). The first-order valence-electron chi connectivity index (χ1n) is 9.83. The maximum atomic E-state index is 14.7. The van der Waals surface area contributed by atoms with Crippen molar-refractivity contribution in [3.63, 3.8) is 0 Å². The second-order valence-electron chi connectivity index (χ2n) is 7.12. The summed E-state index contributed by atoms with van der Waals surface area (Å²) in [5.74, 6) is 0.557. The zero-order valence-corrected chi connectivity index (χ0v) is 16.3. The van der Waals surface area contributed by atoms with Gasteiger partial charge in [0.15, 0.2) is 0 Å². The molecule has 0 bridgehead atoms. The summed E-state index contributed by atoms with van der Waals surface area (Å²) in [7, 11) is 0. The largest absolute Gasteiger partial charge is 0.490 e. The first-order chi connectivity index (χ1) is 14.2. The van der Waals surface area contributed by atoms with Gasteiger partial charge in [-0.05, 0) is 58.5 Å². The molecule has 0 unspecified atom stereocenters. The normalized spacial score (nSPS) is 10.8. The lowest BCUT2D eigenvalue weighted by Gasteiger charge is -2.09. The maximum Gasteiger partial charge on any atom is 0.131 e. The molecule has 144 valence electrons. The molecule has 0 spiro atoms. The van der Waals surface area contributed by atoms with E-state index in [1.165, 1.54) is 16.3 Å². The van der Waals surface area contributed by atoms with Crippen LogP contribution in [0.15, 0.2) is 97.6 Å². The fraction of sp³-hybridized carbons (Fsp3) is 0.111. The highest BCUT2D eigenvalue weighted by molar-refractivity contribution is 5.83. The van der Waals surface area contributed by atoms with Gasteiger partial charge in [0.25, 0.3) is 0 Å². The van der Waals surface area contributed by atoms with Crippen molar-refractivity contribution in [1.82, 2.24) is 0 Å². The minimum absolute atomic E-state index is 0.194. The van der Waals surface area contributed by atoms with E-state index in [-0.39, 0.29) is 5.82 Å². The Morgan fingerprint density at radius 1 is 0.759 bits per heavy atom. The van der Waals surface area contributed by atoms with Gasteiger partial charge in [-0.15, -0.1) is 0 Å². The van der Waals surface area contributed by atoms with Crippen LogP contribution in [0.1, 0.15) is 11.1 Å². The molecule has 0 aromatic heterocycles. The number of hydrogen-bond donors (Lipinski definition) is 0. The Kier molecular flexibility index (Phi) is 5.71. The maximum absolute atomic E-state index is 14.7. The van der Waals surface area contributed by atoms with Crippen molar-refractivity contribution in [3.8, 4) is 16.9 Å². The highest BCUT2D eigenvalue weighted by Gasteiger charge is 2.07. The molecular formula is C27H23FO. The average Bonchev–Trinajstić information content (AvgIpc) is 2.77. The molecule has 29 heavy (non-hydrogen) atoms. The predicted molar refractivity (Wildman–Crippen MR) is 119 cm³/mol. The zero-order valence-electron chi connectivity index (χ0n) is 16.3. The molecule has 0 saturated heterocycles. The number of ether oxygens (including phenoxy) is 1. The highest BCUT2D eigenvalue weighted by Crippen LogP contribution is 2.26. The summed E-state index contributed by atoms with van der Waals surface area (Å²) in [6.45, 7) is 4.09. The van der Waals surface area contributed by atoms with Gasteiger partial charge in [-0.3, -0.25) is 0 Å². The average molecular weight is 382 g/mol. The fourth-order valence-corrected chi connectivity index (χ4v) is 3.52. The monoisotopic (exact) mass is 382 g/mol. The van der Waals surface area contributed by atoms with E-state index in [1.54, 1.807) is 12.1 Å². The van der Waals surface area contributed by atoms with Crippen molar-refractivity contribution >= 4 is 10.8 Å². The molecule has 1 nitrogen and oxygen atoms in total. The van der Waals surface area contributed by atoms with Crippen LogP contribution in [0.3, 0.4) is 0 Å². The molecule has 0 aliphatic carbocycles. The van der Waals surface area contributed by atoms with Crippen LogP contribution in [0, 0.1) is 5.82 Å². The van der Waals surface area contributed by atoms with E-state index in [9.17, 15) is 4.39 Å². The minimum atomic E-state index is -0.194. The van der Waals surface area contributed by atoms with Crippen LogP contribution >= 0.6 is 0 Å².